The van der Waals surface area contributed by atoms with Crippen LogP contribution in [0.5, 0.6) is 0 Å². The van der Waals surface area contributed by atoms with E-state index in [2.05, 4.69) is 66.0 Å². The zero-order valence-electron chi connectivity index (χ0n) is 19.9. The van der Waals surface area contributed by atoms with Gasteiger partial charge in [0.05, 0.1) is 27.2 Å². The number of nitrogens with zero attached hydrogens (tertiary/aromatic N) is 2. The molecule has 1 N–H and O–H groups in total. The summed E-state index contributed by atoms with van der Waals surface area (Å²) in [6.45, 7) is 18.3. The van der Waals surface area contributed by atoms with Crippen LogP contribution in [0.4, 0.5) is 0 Å². The molecular weight excluding hydrogens is 418 g/mol. The number of carbonyl (C=O) groups excluding carboxylic acids is 1. The molecule has 1 fully saturated rings. The highest BCUT2D eigenvalue weighted by Gasteiger charge is 2.50. The first-order valence-electron chi connectivity index (χ1n) is 11.0. The SMILES string of the molecule is CCC1(C)CCC(C)C(C)(CC)N1OC(C)C(=O)NCCC[N+](C)(C)CC.[Br-]. The average Bonchev–Trinajstić information content (AvgIpc) is 2.65. The maximum Gasteiger partial charge on any atom is 0.250 e. The Bertz CT molecular complexity index is 488. The van der Waals surface area contributed by atoms with E-state index in [1.165, 1.54) is 6.42 Å². The first-order valence-corrected chi connectivity index (χ1v) is 11.0. The summed E-state index contributed by atoms with van der Waals surface area (Å²) in [6, 6.07) is 0. The number of carbonyl (C=O) groups is 1. The standard InChI is InChI=1S/C22H45N3O2.BrH/c1-10-21(6)15-14-18(4)22(7,11-2)24(21)27-19(5)20(26)23-16-13-17-25(8,9)12-3;/h18-19H,10-17H2,1-9H3;1H. The number of quaternary nitrogens is 1. The van der Waals surface area contributed by atoms with Gasteiger partial charge in [0, 0.05) is 24.0 Å². The molecular formula is C22H46BrN3O2. The molecule has 5 nitrogen and oxygen atoms in total. The fourth-order valence-electron chi connectivity index (χ4n) is 4.04. The van der Waals surface area contributed by atoms with E-state index < -0.39 is 6.10 Å². The number of rotatable bonds is 10. The number of hydroxylamine groups is 2. The summed E-state index contributed by atoms with van der Waals surface area (Å²) < 4.78 is 0.983. The van der Waals surface area contributed by atoms with Crippen LogP contribution in [0.15, 0.2) is 0 Å². The molecule has 168 valence electrons. The number of hydrogen-bond acceptors (Lipinski definition) is 3. The van der Waals surface area contributed by atoms with Crippen molar-refractivity contribution in [1.29, 1.82) is 0 Å². The zero-order valence-corrected chi connectivity index (χ0v) is 21.5. The second-order valence-electron chi connectivity index (χ2n) is 9.66. The molecule has 4 unspecified atom stereocenters. The number of nitrogens with one attached hydrogen (secondary N) is 1. The summed E-state index contributed by atoms with van der Waals surface area (Å²) in [7, 11) is 4.45. The van der Waals surface area contributed by atoms with E-state index in [4.69, 9.17) is 4.84 Å². The number of piperidine rings is 1. The molecule has 1 aliphatic rings. The summed E-state index contributed by atoms with van der Waals surface area (Å²) in [6.07, 6.45) is 4.87. The van der Waals surface area contributed by atoms with Crippen molar-refractivity contribution in [1.82, 2.24) is 10.4 Å². The number of amides is 1. The molecule has 0 aromatic carbocycles. The molecule has 0 aromatic rings. The van der Waals surface area contributed by atoms with Crippen molar-refractivity contribution in [3.05, 3.63) is 0 Å². The summed E-state index contributed by atoms with van der Waals surface area (Å²) in [5.41, 5.74) is -0.0609. The van der Waals surface area contributed by atoms with Gasteiger partial charge in [0.25, 0.3) is 5.91 Å². The predicted molar refractivity (Wildman–Crippen MR) is 113 cm³/mol. The van der Waals surface area contributed by atoms with Crippen molar-refractivity contribution in [2.75, 3.05) is 33.7 Å². The van der Waals surface area contributed by atoms with Gasteiger partial charge >= 0.3 is 0 Å². The number of halogens is 1. The van der Waals surface area contributed by atoms with Crippen LogP contribution in [0.2, 0.25) is 0 Å². The molecule has 1 amide bonds. The lowest BCUT2D eigenvalue weighted by molar-refractivity contribution is -0.888. The molecule has 0 radical (unpaired) electrons. The molecule has 1 heterocycles. The molecule has 0 aliphatic carbocycles. The van der Waals surface area contributed by atoms with Crippen molar-refractivity contribution in [3.8, 4) is 0 Å². The van der Waals surface area contributed by atoms with E-state index in [1.807, 2.05) is 6.92 Å². The van der Waals surface area contributed by atoms with Gasteiger partial charge in [-0.2, -0.15) is 5.06 Å². The van der Waals surface area contributed by atoms with Crippen LogP contribution in [-0.2, 0) is 9.63 Å². The van der Waals surface area contributed by atoms with Crippen LogP contribution in [-0.4, -0.2) is 66.4 Å². The topological polar surface area (TPSA) is 41.6 Å². The van der Waals surface area contributed by atoms with Gasteiger partial charge in [-0.1, -0.05) is 20.8 Å². The highest BCUT2D eigenvalue weighted by molar-refractivity contribution is 5.80. The minimum Gasteiger partial charge on any atom is -1.00 e. The Kier molecular flexibility index (Phi) is 11.2. The van der Waals surface area contributed by atoms with Crippen LogP contribution < -0.4 is 22.3 Å². The van der Waals surface area contributed by atoms with E-state index in [9.17, 15) is 4.79 Å². The average molecular weight is 465 g/mol. The lowest BCUT2D eigenvalue weighted by atomic mass is 9.71. The van der Waals surface area contributed by atoms with Crippen molar-refractivity contribution >= 4 is 5.91 Å². The van der Waals surface area contributed by atoms with Gasteiger partial charge < -0.3 is 26.8 Å². The summed E-state index contributed by atoms with van der Waals surface area (Å²) in [5.74, 6) is 0.540. The van der Waals surface area contributed by atoms with Gasteiger partial charge in [-0.15, -0.1) is 0 Å². The van der Waals surface area contributed by atoms with Gasteiger partial charge in [-0.3, -0.25) is 9.63 Å². The Balaban J connectivity index is 0.00000729. The first-order chi connectivity index (χ1) is 12.5. The Morgan fingerprint density at radius 1 is 1.25 bits per heavy atom. The van der Waals surface area contributed by atoms with Gasteiger partial charge in [-0.05, 0) is 59.3 Å². The second kappa shape index (κ2) is 11.3. The highest BCUT2D eigenvalue weighted by Crippen LogP contribution is 2.45. The Labute approximate surface area is 184 Å². The molecule has 0 saturated carbocycles. The summed E-state index contributed by atoms with van der Waals surface area (Å²) in [5, 5.41) is 5.26. The third kappa shape index (κ3) is 6.68. The molecule has 1 rings (SSSR count). The second-order valence-corrected chi connectivity index (χ2v) is 9.66. The van der Waals surface area contributed by atoms with Crippen LogP contribution >= 0.6 is 0 Å². The largest absolute Gasteiger partial charge is 1.00 e. The van der Waals surface area contributed by atoms with Crippen molar-refractivity contribution < 1.29 is 31.1 Å². The first kappa shape index (κ1) is 27.8. The third-order valence-corrected chi connectivity index (χ3v) is 7.34. The van der Waals surface area contributed by atoms with E-state index in [1.54, 1.807) is 0 Å². The fourth-order valence-corrected chi connectivity index (χ4v) is 4.04. The highest BCUT2D eigenvalue weighted by atomic mass is 79.9. The molecule has 0 aromatic heterocycles. The third-order valence-electron chi connectivity index (χ3n) is 7.34. The van der Waals surface area contributed by atoms with Crippen LogP contribution in [0.25, 0.3) is 0 Å². The Morgan fingerprint density at radius 2 is 1.86 bits per heavy atom. The van der Waals surface area contributed by atoms with Crippen LogP contribution in [0.1, 0.15) is 80.6 Å². The monoisotopic (exact) mass is 463 g/mol. The summed E-state index contributed by atoms with van der Waals surface area (Å²) in [4.78, 5) is 19.0. The minimum absolute atomic E-state index is 0. The molecule has 0 spiro atoms. The van der Waals surface area contributed by atoms with Gasteiger partial charge in [0.2, 0.25) is 0 Å². The Hall–Kier alpha value is -0.170. The smallest absolute Gasteiger partial charge is 0.250 e. The quantitative estimate of drug-likeness (QED) is 0.387. The maximum atomic E-state index is 12.6. The Morgan fingerprint density at radius 3 is 2.36 bits per heavy atom. The van der Waals surface area contributed by atoms with E-state index >= 15 is 0 Å². The molecule has 0 bridgehead atoms. The number of hydrogen-bond donors (Lipinski definition) is 1. The van der Waals surface area contributed by atoms with Crippen molar-refractivity contribution in [3.63, 3.8) is 0 Å². The summed E-state index contributed by atoms with van der Waals surface area (Å²) >= 11 is 0. The van der Waals surface area contributed by atoms with Crippen molar-refractivity contribution in [2.45, 2.75) is 97.8 Å². The van der Waals surface area contributed by atoms with E-state index in [-0.39, 0.29) is 34.0 Å². The van der Waals surface area contributed by atoms with Gasteiger partial charge in [0.15, 0.2) is 6.10 Å². The molecule has 4 atom stereocenters. The maximum absolute atomic E-state index is 12.6. The minimum atomic E-state index is -0.472. The zero-order chi connectivity index (χ0) is 20.9. The molecule has 1 saturated heterocycles. The normalized spacial score (nSPS) is 29.8. The molecule has 28 heavy (non-hydrogen) atoms. The van der Waals surface area contributed by atoms with Crippen molar-refractivity contribution in [2.24, 2.45) is 5.92 Å². The lowest BCUT2D eigenvalue weighted by Gasteiger charge is -2.57. The van der Waals surface area contributed by atoms with Gasteiger partial charge in [0.1, 0.15) is 0 Å². The van der Waals surface area contributed by atoms with Crippen LogP contribution in [0.3, 0.4) is 0 Å². The van der Waals surface area contributed by atoms with E-state index in [0.29, 0.717) is 12.5 Å². The van der Waals surface area contributed by atoms with E-state index in [0.717, 1.165) is 43.3 Å². The van der Waals surface area contributed by atoms with Gasteiger partial charge in [-0.25, -0.2) is 0 Å². The predicted octanol–water partition coefficient (Wildman–Crippen LogP) is 0.982. The van der Waals surface area contributed by atoms with Crippen LogP contribution in [0, 0.1) is 5.92 Å². The molecule has 6 heteroatoms. The molecule has 1 aliphatic heterocycles. The lowest BCUT2D eigenvalue weighted by Crippen LogP contribution is -3.00. The fraction of sp³-hybridized carbons (Fsp3) is 0.955.